The van der Waals surface area contributed by atoms with Crippen molar-refractivity contribution in [1.82, 2.24) is 15.1 Å². The van der Waals surface area contributed by atoms with Crippen LogP contribution < -0.4 is 5.32 Å². The molecule has 110 valence electrons. The zero-order valence-corrected chi connectivity index (χ0v) is 12.2. The molecule has 21 heavy (non-hydrogen) atoms. The van der Waals surface area contributed by atoms with Crippen molar-refractivity contribution < 1.29 is 9.52 Å². The summed E-state index contributed by atoms with van der Waals surface area (Å²) in [5.41, 5.74) is 2.75. The zero-order chi connectivity index (χ0) is 14.8. The summed E-state index contributed by atoms with van der Waals surface area (Å²) < 4.78 is 7.66. The van der Waals surface area contributed by atoms with E-state index in [0.717, 1.165) is 28.0 Å². The first kappa shape index (κ1) is 13.9. The number of nitrogens with zero attached hydrogens (tertiary/aromatic N) is 2. The number of fused-ring (bicyclic) bond motifs is 1. The van der Waals surface area contributed by atoms with Crippen LogP contribution in [0.25, 0.3) is 22.4 Å². The molecule has 3 aromatic rings. The minimum atomic E-state index is -0.365. The van der Waals surface area contributed by atoms with Gasteiger partial charge in [0.1, 0.15) is 11.3 Å². The highest BCUT2D eigenvalue weighted by Gasteiger charge is 2.14. The van der Waals surface area contributed by atoms with Gasteiger partial charge in [-0.25, -0.2) is 0 Å². The summed E-state index contributed by atoms with van der Waals surface area (Å²) in [7, 11) is 1.89. The fraction of sp³-hybridized carbons (Fsp3) is 0.312. The van der Waals surface area contributed by atoms with Gasteiger partial charge in [-0.2, -0.15) is 5.10 Å². The summed E-state index contributed by atoms with van der Waals surface area (Å²) >= 11 is 0. The van der Waals surface area contributed by atoms with Gasteiger partial charge >= 0.3 is 0 Å². The van der Waals surface area contributed by atoms with E-state index in [4.69, 9.17) is 4.42 Å². The summed E-state index contributed by atoms with van der Waals surface area (Å²) in [5, 5.41) is 18.1. The first-order valence-electron chi connectivity index (χ1n) is 7.04. The molecule has 0 aliphatic heterocycles. The van der Waals surface area contributed by atoms with E-state index < -0.39 is 0 Å². The van der Waals surface area contributed by atoms with Gasteiger partial charge in [0.25, 0.3) is 0 Å². The summed E-state index contributed by atoms with van der Waals surface area (Å²) in [6, 6.07) is 9.93. The predicted octanol–water partition coefficient (Wildman–Crippen LogP) is 2.30. The molecule has 0 spiro atoms. The third-order valence-corrected chi connectivity index (χ3v) is 3.32. The van der Waals surface area contributed by atoms with E-state index in [1.807, 2.05) is 43.6 Å². The molecule has 0 fully saturated rings. The third-order valence-electron chi connectivity index (χ3n) is 3.32. The molecular formula is C16H19N3O2. The second-order valence-corrected chi connectivity index (χ2v) is 5.31. The molecule has 5 heteroatoms. The Hall–Kier alpha value is -2.11. The minimum Gasteiger partial charge on any atom is -0.454 e. The molecule has 1 unspecified atom stereocenters. The third kappa shape index (κ3) is 2.99. The maximum Gasteiger partial charge on any atom is 0.156 e. The van der Waals surface area contributed by atoms with Crippen LogP contribution in [0.3, 0.4) is 0 Å². The molecule has 0 amide bonds. The van der Waals surface area contributed by atoms with Crippen LogP contribution in [-0.2, 0) is 13.6 Å². The summed E-state index contributed by atoms with van der Waals surface area (Å²) in [4.78, 5) is 0. The number of hydrogen-bond donors (Lipinski definition) is 2. The van der Waals surface area contributed by atoms with E-state index in [9.17, 15) is 5.11 Å². The first-order valence-corrected chi connectivity index (χ1v) is 7.04. The Balaban J connectivity index is 1.90. The number of aliphatic hydroxyl groups is 1. The zero-order valence-electron chi connectivity index (χ0n) is 12.2. The Labute approximate surface area is 123 Å². The monoisotopic (exact) mass is 285 g/mol. The van der Waals surface area contributed by atoms with Crippen molar-refractivity contribution in [2.75, 3.05) is 6.54 Å². The quantitative estimate of drug-likeness (QED) is 0.755. The van der Waals surface area contributed by atoms with Gasteiger partial charge in [0.2, 0.25) is 0 Å². The standard InChI is InChI=1S/C16H19N3O2/c1-11(20)8-17-9-13-10-19(2)18-16(13)15-7-12-5-3-4-6-14(12)21-15/h3-7,10-11,17,20H,8-9H2,1-2H3. The van der Waals surface area contributed by atoms with Gasteiger partial charge in [-0.3, -0.25) is 4.68 Å². The highest BCUT2D eigenvalue weighted by Crippen LogP contribution is 2.28. The molecular weight excluding hydrogens is 266 g/mol. The lowest BCUT2D eigenvalue weighted by molar-refractivity contribution is 0.191. The van der Waals surface area contributed by atoms with Crippen molar-refractivity contribution in [2.45, 2.75) is 19.6 Å². The lowest BCUT2D eigenvalue weighted by Crippen LogP contribution is -2.23. The topological polar surface area (TPSA) is 63.2 Å². The number of aromatic nitrogens is 2. The number of para-hydroxylation sites is 1. The van der Waals surface area contributed by atoms with Crippen LogP contribution in [0.5, 0.6) is 0 Å². The maximum absolute atomic E-state index is 9.32. The molecule has 0 radical (unpaired) electrons. The van der Waals surface area contributed by atoms with Gasteiger partial charge in [0.05, 0.1) is 6.10 Å². The molecule has 1 aromatic carbocycles. The molecule has 0 aliphatic carbocycles. The van der Waals surface area contributed by atoms with Gasteiger partial charge in [0.15, 0.2) is 5.76 Å². The van der Waals surface area contributed by atoms with E-state index >= 15 is 0 Å². The van der Waals surface area contributed by atoms with Crippen molar-refractivity contribution in [3.05, 3.63) is 42.1 Å². The number of benzene rings is 1. The molecule has 3 rings (SSSR count). The molecule has 2 N–H and O–H groups in total. The van der Waals surface area contributed by atoms with E-state index in [-0.39, 0.29) is 6.10 Å². The minimum absolute atomic E-state index is 0.365. The highest BCUT2D eigenvalue weighted by molar-refractivity contribution is 5.82. The van der Waals surface area contributed by atoms with Crippen molar-refractivity contribution in [3.8, 4) is 11.5 Å². The molecule has 2 heterocycles. The van der Waals surface area contributed by atoms with Crippen LogP contribution in [0.15, 0.2) is 40.9 Å². The van der Waals surface area contributed by atoms with Crippen LogP contribution in [0.2, 0.25) is 0 Å². The van der Waals surface area contributed by atoms with Crippen LogP contribution in [0, 0.1) is 0 Å². The lowest BCUT2D eigenvalue weighted by atomic mass is 10.2. The molecule has 0 saturated carbocycles. The average Bonchev–Trinajstić information content (AvgIpc) is 3.01. The Bertz CT molecular complexity index is 710. The summed E-state index contributed by atoms with van der Waals surface area (Å²) in [6.07, 6.45) is 1.61. The molecule has 0 bridgehead atoms. The number of rotatable bonds is 5. The molecule has 5 nitrogen and oxygen atoms in total. The molecule has 0 aliphatic rings. The Morgan fingerprint density at radius 2 is 2.19 bits per heavy atom. The van der Waals surface area contributed by atoms with Gasteiger partial charge in [-0.05, 0) is 19.1 Å². The number of aliphatic hydroxyl groups excluding tert-OH is 1. The van der Waals surface area contributed by atoms with Crippen LogP contribution in [0.1, 0.15) is 12.5 Å². The maximum atomic E-state index is 9.32. The summed E-state index contributed by atoms with van der Waals surface area (Å²) in [5.74, 6) is 0.769. The van der Waals surface area contributed by atoms with E-state index in [1.165, 1.54) is 0 Å². The smallest absolute Gasteiger partial charge is 0.156 e. The highest BCUT2D eigenvalue weighted by atomic mass is 16.3. The molecule has 1 atom stereocenters. The van der Waals surface area contributed by atoms with Crippen LogP contribution >= 0.6 is 0 Å². The predicted molar refractivity (Wildman–Crippen MR) is 81.8 cm³/mol. The van der Waals surface area contributed by atoms with Crippen LogP contribution in [0.4, 0.5) is 0 Å². The first-order chi connectivity index (χ1) is 10.1. The van der Waals surface area contributed by atoms with Crippen molar-refractivity contribution in [1.29, 1.82) is 0 Å². The number of furan rings is 1. The van der Waals surface area contributed by atoms with E-state index in [0.29, 0.717) is 13.1 Å². The van der Waals surface area contributed by atoms with Crippen molar-refractivity contribution in [3.63, 3.8) is 0 Å². The van der Waals surface area contributed by atoms with Crippen molar-refractivity contribution >= 4 is 11.0 Å². The SMILES string of the molecule is CC(O)CNCc1cn(C)nc1-c1cc2ccccc2o1. The Morgan fingerprint density at radius 1 is 1.38 bits per heavy atom. The average molecular weight is 285 g/mol. The largest absolute Gasteiger partial charge is 0.454 e. The lowest BCUT2D eigenvalue weighted by Gasteiger charge is -2.05. The Kier molecular flexibility index (Phi) is 3.77. The van der Waals surface area contributed by atoms with Gasteiger partial charge in [-0.1, -0.05) is 18.2 Å². The number of nitrogens with one attached hydrogen (secondary N) is 1. The van der Waals surface area contributed by atoms with E-state index in [1.54, 1.807) is 11.6 Å². The fourth-order valence-corrected chi connectivity index (χ4v) is 2.39. The molecule has 0 saturated heterocycles. The van der Waals surface area contributed by atoms with Gasteiger partial charge < -0.3 is 14.8 Å². The second-order valence-electron chi connectivity index (χ2n) is 5.31. The van der Waals surface area contributed by atoms with Crippen molar-refractivity contribution in [2.24, 2.45) is 7.05 Å². The normalized spacial score (nSPS) is 12.9. The number of aryl methyl sites for hydroxylation is 1. The van der Waals surface area contributed by atoms with Crippen LogP contribution in [-0.4, -0.2) is 27.5 Å². The fourth-order valence-electron chi connectivity index (χ4n) is 2.39. The van der Waals surface area contributed by atoms with Gasteiger partial charge in [0, 0.05) is 37.3 Å². The van der Waals surface area contributed by atoms with Gasteiger partial charge in [-0.15, -0.1) is 0 Å². The second kappa shape index (κ2) is 5.71. The Morgan fingerprint density at radius 3 is 2.95 bits per heavy atom. The van der Waals surface area contributed by atoms with E-state index in [2.05, 4.69) is 10.4 Å². The summed E-state index contributed by atoms with van der Waals surface area (Å²) in [6.45, 7) is 2.95. The number of hydrogen-bond acceptors (Lipinski definition) is 4. The molecule has 2 aromatic heterocycles.